The van der Waals surface area contributed by atoms with Gasteiger partial charge in [-0.25, -0.2) is 13.4 Å². The van der Waals surface area contributed by atoms with Crippen LogP contribution in [-0.4, -0.2) is 35.0 Å². The van der Waals surface area contributed by atoms with Crippen LogP contribution in [0.3, 0.4) is 0 Å². The lowest BCUT2D eigenvalue weighted by molar-refractivity contribution is 0.592. The maximum atomic E-state index is 12.4. The third-order valence-corrected chi connectivity index (χ3v) is 5.78. The predicted octanol–water partition coefficient (Wildman–Crippen LogP) is 2.55. The Morgan fingerprint density at radius 1 is 1.25 bits per heavy atom. The highest BCUT2D eigenvalue weighted by Crippen LogP contribution is 2.20. The van der Waals surface area contributed by atoms with Crippen molar-refractivity contribution in [3.05, 3.63) is 48.3 Å². The summed E-state index contributed by atoms with van der Waals surface area (Å²) in [6, 6.07) is 10.2. The molecule has 0 amide bonds. The van der Waals surface area contributed by atoms with Crippen molar-refractivity contribution in [1.29, 1.82) is 0 Å². The monoisotopic (exact) mass is 344 g/mol. The Bertz CT molecular complexity index is 965. The van der Waals surface area contributed by atoms with Gasteiger partial charge in [0.05, 0.1) is 28.2 Å². The van der Waals surface area contributed by atoms with Gasteiger partial charge in [-0.2, -0.15) is 5.10 Å². The SMILES string of the molecule is Cc1nn(C)c2ncc(N[C@@H](C)CS(=O)(=O)c3ccccc3)cc12. The maximum Gasteiger partial charge on any atom is 0.180 e. The molecular formula is C17H20N4O2S. The normalized spacial score (nSPS) is 13.1. The molecule has 3 rings (SSSR count). The molecule has 0 bridgehead atoms. The smallest absolute Gasteiger partial charge is 0.180 e. The van der Waals surface area contributed by atoms with Gasteiger partial charge in [0.2, 0.25) is 0 Å². The highest BCUT2D eigenvalue weighted by atomic mass is 32.2. The Hall–Kier alpha value is -2.41. The molecule has 0 radical (unpaired) electrons. The Kier molecular flexibility index (Phi) is 4.28. The van der Waals surface area contributed by atoms with E-state index in [4.69, 9.17) is 0 Å². The van der Waals surface area contributed by atoms with Gasteiger partial charge in [0, 0.05) is 18.5 Å². The summed E-state index contributed by atoms with van der Waals surface area (Å²) in [5.74, 6) is 0.0150. The van der Waals surface area contributed by atoms with Crippen LogP contribution in [-0.2, 0) is 16.9 Å². The van der Waals surface area contributed by atoms with Crippen molar-refractivity contribution >= 4 is 26.6 Å². The van der Waals surface area contributed by atoms with Crippen LogP contribution in [0.2, 0.25) is 0 Å². The molecule has 2 heterocycles. The molecular weight excluding hydrogens is 324 g/mol. The largest absolute Gasteiger partial charge is 0.380 e. The van der Waals surface area contributed by atoms with Gasteiger partial charge in [-0.3, -0.25) is 4.68 Å². The van der Waals surface area contributed by atoms with Gasteiger partial charge in [-0.1, -0.05) is 18.2 Å². The highest BCUT2D eigenvalue weighted by Gasteiger charge is 2.18. The Balaban J connectivity index is 1.77. The number of fused-ring (bicyclic) bond motifs is 1. The molecule has 0 aliphatic rings. The highest BCUT2D eigenvalue weighted by molar-refractivity contribution is 7.91. The number of hydrogen-bond donors (Lipinski definition) is 1. The third kappa shape index (κ3) is 3.26. The topological polar surface area (TPSA) is 76.9 Å². The van der Waals surface area contributed by atoms with E-state index < -0.39 is 9.84 Å². The van der Waals surface area contributed by atoms with Crippen LogP contribution in [0.1, 0.15) is 12.6 Å². The molecule has 0 fully saturated rings. The van der Waals surface area contributed by atoms with Gasteiger partial charge < -0.3 is 5.32 Å². The molecule has 24 heavy (non-hydrogen) atoms. The van der Waals surface area contributed by atoms with Crippen molar-refractivity contribution in [2.24, 2.45) is 7.05 Å². The molecule has 0 spiro atoms. The van der Waals surface area contributed by atoms with Crippen LogP contribution in [0.15, 0.2) is 47.5 Å². The number of hydrogen-bond acceptors (Lipinski definition) is 5. The van der Waals surface area contributed by atoms with E-state index in [0.29, 0.717) is 4.90 Å². The molecule has 1 atom stereocenters. The molecule has 3 aromatic rings. The van der Waals surface area contributed by atoms with E-state index in [1.54, 1.807) is 41.2 Å². The zero-order valence-corrected chi connectivity index (χ0v) is 14.7. The Labute approximate surface area is 141 Å². The summed E-state index contributed by atoms with van der Waals surface area (Å²) in [6.45, 7) is 3.78. The van der Waals surface area contributed by atoms with E-state index in [0.717, 1.165) is 22.4 Å². The van der Waals surface area contributed by atoms with Gasteiger partial charge in [0.1, 0.15) is 0 Å². The maximum absolute atomic E-state index is 12.4. The first-order valence-corrected chi connectivity index (χ1v) is 9.36. The molecule has 0 unspecified atom stereocenters. The van der Waals surface area contributed by atoms with Gasteiger partial charge >= 0.3 is 0 Å². The lowest BCUT2D eigenvalue weighted by Gasteiger charge is -2.15. The number of sulfone groups is 1. The van der Waals surface area contributed by atoms with Crippen molar-refractivity contribution in [3.63, 3.8) is 0 Å². The molecule has 0 saturated carbocycles. The zero-order chi connectivity index (χ0) is 17.3. The minimum absolute atomic E-state index is 0.0150. The van der Waals surface area contributed by atoms with E-state index in [9.17, 15) is 8.42 Å². The summed E-state index contributed by atoms with van der Waals surface area (Å²) in [6.07, 6.45) is 1.70. The predicted molar refractivity (Wildman–Crippen MR) is 94.8 cm³/mol. The average Bonchev–Trinajstić information content (AvgIpc) is 2.82. The molecule has 6 nitrogen and oxygen atoms in total. The van der Waals surface area contributed by atoms with Crippen LogP contribution >= 0.6 is 0 Å². The lowest BCUT2D eigenvalue weighted by atomic mass is 10.2. The van der Waals surface area contributed by atoms with E-state index in [2.05, 4.69) is 15.4 Å². The number of pyridine rings is 1. The van der Waals surface area contributed by atoms with Crippen LogP contribution in [0, 0.1) is 6.92 Å². The number of nitrogens with one attached hydrogen (secondary N) is 1. The van der Waals surface area contributed by atoms with Gasteiger partial charge in [0.25, 0.3) is 0 Å². The number of anilines is 1. The summed E-state index contributed by atoms with van der Waals surface area (Å²) in [5.41, 5.74) is 2.49. The first-order chi connectivity index (χ1) is 11.4. The summed E-state index contributed by atoms with van der Waals surface area (Å²) in [5, 5.41) is 8.52. The van der Waals surface area contributed by atoms with Crippen molar-refractivity contribution in [1.82, 2.24) is 14.8 Å². The Morgan fingerprint density at radius 2 is 1.96 bits per heavy atom. The number of rotatable bonds is 5. The molecule has 2 aromatic heterocycles. The summed E-state index contributed by atoms with van der Waals surface area (Å²) in [7, 11) is -1.47. The summed E-state index contributed by atoms with van der Waals surface area (Å²) >= 11 is 0. The molecule has 1 aromatic carbocycles. The van der Waals surface area contributed by atoms with E-state index in [1.165, 1.54) is 0 Å². The van der Waals surface area contributed by atoms with E-state index >= 15 is 0 Å². The molecule has 126 valence electrons. The third-order valence-electron chi connectivity index (χ3n) is 3.85. The zero-order valence-electron chi connectivity index (χ0n) is 13.9. The molecule has 7 heteroatoms. The minimum Gasteiger partial charge on any atom is -0.380 e. The van der Waals surface area contributed by atoms with Crippen LogP contribution in [0.25, 0.3) is 11.0 Å². The van der Waals surface area contributed by atoms with Crippen LogP contribution in [0.5, 0.6) is 0 Å². The first-order valence-electron chi connectivity index (χ1n) is 7.70. The number of nitrogens with zero attached hydrogens (tertiary/aromatic N) is 3. The van der Waals surface area contributed by atoms with Crippen LogP contribution < -0.4 is 5.32 Å². The van der Waals surface area contributed by atoms with Gasteiger partial charge in [-0.15, -0.1) is 0 Å². The van der Waals surface area contributed by atoms with Crippen LogP contribution in [0.4, 0.5) is 5.69 Å². The Morgan fingerprint density at radius 3 is 2.67 bits per heavy atom. The van der Waals surface area contributed by atoms with Crippen molar-refractivity contribution in [3.8, 4) is 0 Å². The molecule has 0 aliphatic carbocycles. The summed E-state index contributed by atoms with van der Waals surface area (Å²) < 4.78 is 26.6. The van der Waals surface area contributed by atoms with Gasteiger partial charge in [0.15, 0.2) is 15.5 Å². The quantitative estimate of drug-likeness (QED) is 0.770. The van der Waals surface area contributed by atoms with Crippen molar-refractivity contribution < 1.29 is 8.42 Å². The second kappa shape index (κ2) is 6.24. The fourth-order valence-corrected chi connectivity index (χ4v) is 4.27. The van der Waals surface area contributed by atoms with Crippen molar-refractivity contribution in [2.75, 3.05) is 11.1 Å². The fraction of sp³-hybridized carbons (Fsp3) is 0.294. The standard InChI is InChI=1S/C17H20N4O2S/c1-12(11-24(22,23)15-7-5-4-6-8-15)19-14-9-16-13(2)20-21(3)17(16)18-10-14/h4-10,12,19H,11H2,1-3H3/t12-/m0/s1. The summed E-state index contributed by atoms with van der Waals surface area (Å²) in [4.78, 5) is 4.74. The molecule has 0 saturated heterocycles. The first kappa shape index (κ1) is 16.4. The van der Waals surface area contributed by atoms with Gasteiger partial charge in [-0.05, 0) is 32.0 Å². The number of aryl methyl sites for hydroxylation is 2. The average molecular weight is 344 g/mol. The second-order valence-electron chi connectivity index (χ2n) is 5.94. The fourth-order valence-electron chi connectivity index (χ4n) is 2.77. The van der Waals surface area contributed by atoms with E-state index in [-0.39, 0.29) is 11.8 Å². The van der Waals surface area contributed by atoms with Crippen molar-refractivity contribution in [2.45, 2.75) is 24.8 Å². The van der Waals surface area contributed by atoms with E-state index in [1.807, 2.05) is 27.0 Å². The minimum atomic E-state index is -3.33. The molecule has 0 aliphatic heterocycles. The molecule has 1 N–H and O–H groups in total. The number of aromatic nitrogens is 3. The lowest BCUT2D eigenvalue weighted by Crippen LogP contribution is -2.25. The second-order valence-corrected chi connectivity index (χ2v) is 7.98. The number of benzene rings is 1.